The number of ketones is 1. The Morgan fingerprint density at radius 2 is 2.20 bits per heavy atom. The highest BCUT2D eigenvalue weighted by atomic mass is 16.7. The van der Waals surface area contributed by atoms with Crippen LogP contribution < -0.4 is 15.2 Å². The molecule has 80 valence electrons. The Kier molecular flexibility index (Phi) is 2.36. The van der Waals surface area contributed by atoms with Crippen LogP contribution in [0.4, 0.5) is 0 Å². The molecule has 1 aliphatic heterocycles. The second-order valence-corrected chi connectivity index (χ2v) is 3.68. The van der Waals surface area contributed by atoms with Crippen LogP contribution in [0.15, 0.2) is 12.1 Å². The van der Waals surface area contributed by atoms with Gasteiger partial charge in [0.1, 0.15) is 0 Å². The van der Waals surface area contributed by atoms with Crippen molar-refractivity contribution < 1.29 is 14.3 Å². The van der Waals surface area contributed by atoms with Crippen LogP contribution in [0.5, 0.6) is 11.5 Å². The quantitative estimate of drug-likeness (QED) is 0.741. The lowest BCUT2D eigenvalue weighted by molar-refractivity contribution is 0.0967. The highest BCUT2D eigenvalue weighted by Crippen LogP contribution is 2.36. The number of nitrogens with two attached hydrogens (primary N) is 1. The Bertz CT molecular complexity index is 413. The van der Waals surface area contributed by atoms with Gasteiger partial charge in [0, 0.05) is 5.56 Å². The van der Waals surface area contributed by atoms with Crippen LogP contribution in [0.1, 0.15) is 22.8 Å². The van der Waals surface area contributed by atoms with Gasteiger partial charge in [-0.15, -0.1) is 0 Å². The molecule has 2 rings (SSSR count). The molecule has 0 radical (unpaired) electrons. The number of carbonyl (C=O) groups is 1. The summed E-state index contributed by atoms with van der Waals surface area (Å²) in [6, 6.07) is 2.96. The Morgan fingerprint density at radius 3 is 2.87 bits per heavy atom. The molecular weight excluding hydrogens is 194 g/mol. The molecule has 0 bridgehead atoms. The molecule has 0 saturated carbocycles. The molecule has 1 aliphatic rings. The maximum absolute atomic E-state index is 11.7. The van der Waals surface area contributed by atoms with Crippen LogP contribution >= 0.6 is 0 Å². The van der Waals surface area contributed by atoms with Gasteiger partial charge in [-0.3, -0.25) is 4.79 Å². The van der Waals surface area contributed by atoms with Gasteiger partial charge < -0.3 is 15.2 Å². The van der Waals surface area contributed by atoms with Crippen molar-refractivity contribution in [3.05, 3.63) is 23.3 Å². The third kappa shape index (κ3) is 1.68. The van der Waals surface area contributed by atoms with Crippen molar-refractivity contribution in [2.75, 3.05) is 6.79 Å². The zero-order chi connectivity index (χ0) is 11.0. The molecule has 4 heteroatoms. The second-order valence-electron chi connectivity index (χ2n) is 3.68. The summed E-state index contributed by atoms with van der Waals surface area (Å²) in [7, 11) is 0. The number of Topliss-reactive ketones (excluding diaryl/α,β-unsaturated/α-hetero) is 1. The van der Waals surface area contributed by atoms with Gasteiger partial charge in [0.25, 0.3) is 0 Å². The van der Waals surface area contributed by atoms with Crippen molar-refractivity contribution in [3.63, 3.8) is 0 Å². The van der Waals surface area contributed by atoms with E-state index in [2.05, 4.69) is 0 Å². The highest BCUT2D eigenvalue weighted by molar-refractivity contribution is 6.00. The molecular formula is C11H13NO3. The minimum Gasteiger partial charge on any atom is -0.454 e. The Balaban J connectivity index is 2.44. The molecule has 1 atom stereocenters. The van der Waals surface area contributed by atoms with Gasteiger partial charge in [0.2, 0.25) is 6.79 Å². The number of benzene rings is 1. The van der Waals surface area contributed by atoms with E-state index in [9.17, 15) is 4.79 Å². The van der Waals surface area contributed by atoms with Gasteiger partial charge >= 0.3 is 0 Å². The summed E-state index contributed by atoms with van der Waals surface area (Å²) < 4.78 is 10.5. The van der Waals surface area contributed by atoms with E-state index < -0.39 is 6.04 Å². The van der Waals surface area contributed by atoms with Gasteiger partial charge in [-0.05, 0) is 31.5 Å². The Morgan fingerprint density at radius 1 is 1.47 bits per heavy atom. The third-order valence-corrected chi connectivity index (χ3v) is 2.36. The van der Waals surface area contributed by atoms with Crippen LogP contribution in [0.2, 0.25) is 0 Å². The monoisotopic (exact) mass is 207 g/mol. The van der Waals surface area contributed by atoms with Crippen molar-refractivity contribution >= 4 is 5.78 Å². The average molecular weight is 207 g/mol. The first-order valence-corrected chi connectivity index (χ1v) is 4.79. The molecule has 1 heterocycles. The van der Waals surface area contributed by atoms with Gasteiger partial charge in [0.05, 0.1) is 6.04 Å². The topological polar surface area (TPSA) is 61.6 Å². The normalized spacial score (nSPS) is 15.1. The number of ether oxygens (including phenoxy) is 2. The third-order valence-electron chi connectivity index (χ3n) is 2.36. The van der Waals surface area contributed by atoms with E-state index in [0.717, 1.165) is 11.3 Å². The minimum atomic E-state index is -0.496. The summed E-state index contributed by atoms with van der Waals surface area (Å²) >= 11 is 0. The molecule has 0 saturated heterocycles. The van der Waals surface area contributed by atoms with E-state index in [1.807, 2.05) is 6.92 Å². The fraction of sp³-hybridized carbons (Fsp3) is 0.364. The van der Waals surface area contributed by atoms with Crippen molar-refractivity contribution in [2.45, 2.75) is 19.9 Å². The maximum atomic E-state index is 11.7. The van der Waals surface area contributed by atoms with Crippen molar-refractivity contribution in [1.29, 1.82) is 0 Å². The number of hydrogen-bond acceptors (Lipinski definition) is 4. The second kappa shape index (κ2) is 3.55. The standard InChI is InChI=1S/C11H13NO3/c1-6-3-8(10(13)7(2)12)4-9-11(6)15-5-14-9/h3-4,7H,5,12H2,1-2H3. The van der Waals surface area contributed by atoms with E-state index in [1.54, 1.807) is 19.1 Å². The zero-order valence-corrected chi connectivity index (χ0v) is 8.74. The summed E-state index contributed by atoms with van der Waals surface area (Å²) in [5, 5.41) is 0. The summed E-state index contributed by atoms with van der Waals surface area (Å²) in [5.74, 6) is 1.26. The van der Waals surface area contributed by atoms with Crippen molar-refractivity contribution in [3.8, 4) is 11.5 Å². The molecule has 1 aromatic carbocycles. The first-order valence-electron chi connectivity index (χ1n) is 4.79. The smallest absolute Gasteiger partial charge is 0.231 e. The number of aryl methyl sites for hydroxylation is 1. The molecule has 4 nitrogen and oxygen atoms in total. The van der Waals surface area contributed by atoms with E-state index in [0.29, 0.717) is 11.3 Å². The molecule has 1 aromatic rings. The molecule has 0 aromatic heterocycles. The van der Waals surface area contributed by atoms with Crippen LogP contribution in [0, 0.1) is 6.92 Å². The molecule has 0 spiro atoms. The Hall–Kier alpha value is -1.55. The lowest BCUT2D eigenvalue weighted by Gasteiger charge is -2.07. The van der Waals surface area contributed by atoms with Gasteiger partial charge in [-0.2, -0.15) is 0 Å². The summed E-state index contributed by atoms with van der Waals surface area (Å²) in [6.07, 6.45) is 0. The predicted molar refractivity (Wildman–Crippen MR) is 55.3 cm³/mol. The van der Waals surface area contributed by atoms with E-state index >= 15 is 0 Å². The minimum absolute atomic E-state index is 0.0867. The fourth-order valence-electron chi connectivity index (χ4n) is 1.59. The zero-order valence-electron chi connectivity index (χ0n) is 8.74. The first-order chi connectivity index (χ1) is 7.09. The summed E-state index contributed by atoms with van der Waals surface area (Å²) in [6.45, 7) is 3.76. The van der Waals surface area contributed by atoms with Crippen LogP contribution in [-0.2, 0) is 0 Å². The van der Waals surface area contributed by atoms with Crippen molar-refractivity contribution in [1.82, 2.24) is 0 Å². The van der Waals surface area contributed by atoms with Gasteiger partial charge in [0.15, 0.2) is 17.3 Å². The molecule has 0 amide bonds. The maximum Gasteiger partial charge on any atom is 0.231 e. The summed E-state index contributed by atoms with van der Waals surface area (Å²) in [5.41, 5.74) is 7.01. The fourth-order valence-corrected chi connectivity index (χ4v) is 1.59. The Labute approximate surface area is 88.0 Å². The molecule has 0 fully saturated rings. The van der Waals surface area contributed by atoms with Crippen LogP contribution in [0.3, 0.4) is 0 Å². The number of rotatable bonds is 2. The highest BCUT2D eigenvalue weighted by Gasteiger charge is 2.20. The largest absolute Gasteiger partial charge is 0.454 e. The average Bonchev–Trinajstić information content (AvgIpc) is 2.64. The van der Waals surface area contributed by atoms with Crippen LogP contribution in [0.25, 0.3) is 0 Å². The van der Waals surface area contributed by atoms with Crippen molar-refractivity contribution in [2.24, 2.45) is 5.73 Å². The van der Waals surface area contributed by atoms with E-state index in [1.165, 1.54) is 0 Å². The molecule has 15 heavy (non-hydrogen) atoms. The van der Waals surface area contributed by atoms with Gasteiger partial charge in [-0.25, -0.2) is 0 Å². The molecule has 2 N–H and O–H groups in total. The number of carbonyl (C=O) groups excluding carboxylic acids is 1. The first kappa shape index (κ1) is 9.98. The summed E-state index contributed by atoms with van der Waals surface area (Å²) in [4.78, 5) is 11.7. The van der Waals surface area contributed by atoms with E-state index in [-0.39, 0.29) is 12.6 Å². The number of hydrogen-bond donors (Lipinski definition) is 1. The SMILES string of the molecule is Cc1cc(C(=O)C(C)N)cc2c1OCO2. The molecule has 0 aliphatic carbocycles. The van der Waals surface area contributed by atoms with Crippen LogP contribution in [-0.4, -0.2) is 18.6 Å². The predicted octanol–water partition coefficient (Wildman–Crippen LogP) is 1.25. The lowest BCUT2D eigenvalue weighted by Crippen LogP contribution is -2.26. The molecule has 1 unspecified atom stereocenters. The lowest BCUT2D eigenvalue weighted by atomic mass is 10.0. The van der Waals surface area contributed by atoms with Gasteiger partial charge in [-0.1, -0.05) is 0 Å². The number of fused-ring (bicyclic) bond motifs is 1. The van der Waals surface area contributed by atoms with E-state index in [4.69, 9.17) is 15.2 Å².